The first-order valence-corrected chi connectivity index (χ1v) is 6.22. The molecule has 6 heteroatoms. The van der Waals surface area contributed by atoms with Crippen LogP contribution in [0.1, 0.15) is 25.5 Å². The predicted molar refractivity (Wildman–Crippen MR) is 75.3 cm³/mol. The first-order valence-electron chi connectivity index (χ1n) is 6.22. The fourth-order valence-electron chi connectivity index (χ4n) is 1.81. The van der Waals surface area contributed by atoms with Crippen LogP contribution in [0.3, 0.4) is 0 Å². The summed E-state index contributed by atoms with van der Waals surface area (Å²) in [6.45, 7) is 3.33. The molecule has 0 saturated heterocycles. The van der Waals surface area contributed by atoms with Crippen LogP contribution in [0, 0.1) is 0 Å². The van der Waals surface area contributed by atoms with Gasteiger partial charge in [0, 0.05) is 25.0 Å². The third-order valence-electron chi connectivity index (χ3n) is 2.79. The smallest absolute Gasteiger partial charge is 0.327 e. The zero-order valence-corrected chi connectivity index (χ0v) is 11.3. The number of hydrogen-bond acceptors (Lipinski definition) is 3. The van der Waals surface area contributed by atoms with Gasteiger partial charge in [-0.25, -0.2) is 9.78 Å². The van der Waals surface area contributed by atoms with Gasteiger partial charge < -0.3 is 10.6 Å². The highest BCUT2D eigenvalue weighted by atomic mass is 16.2. The van der Waals surface area contributed by atoms with Gasteiger partial charge in [0.25, 0.3) is 0 Å². The second kappa shape index (κ2) is 6.01. The van der Waals surface area contributed by atoms with Gasteiger partial charge in [-0.05, 0) is 24.6 Å². The minimum Gasteiger partial charge on any atom is -0.331 e. The van der Waals surface area contributed by atoms with Crippen molar-refractivity contribution in [2.75, 3.05) is 5.32 Å². The molecule has 2 aromatic rings. The first-order chi connectivity index (χ1) is 9.56. The normalized spacial score (nSPS) is 11.7. The third-order valence-corrected chi connectivity index (χ3v) is 2.79. The summed E-state index contributed by atoms with van der Waals surface area (Å²) in [7, 11) is 0. The maximum Gasteiger partial charge on any atom is 0.327 e. The fourth-order valence-corrected chi connectivity index (χ4v) is 1.81. The standard InChI is InChI=1S/C14H16N4O2/c1-10(16-14(20)18-7-6-15-9-18)12-4-3-5-13(8-12)17-11(2)19/h3-10H,1-2H3,(H,16,20)(H,17,19). The quantitative estimate of drug-likeness (QED) is 0.899. The van der Waals surface area contributed by atoms with Crippen molar-refractivity contribution in [3.8, 4) is 0 Å². The summed E-state index contributed by atoms with van der Waals surface area (Å²) in [6, 6.07) is 6.93. The second-order valence-electron chi connectivity index (χ2n) is 4.45. The molecule has 0 spiro atoms. The van der Waals surface area contributed by atoms with Gasteiger partial charge in [0.2, 0.25) is 5.91 Å². The largest absolute Gasteiger partial charge is 0.331 e. The number of amides is 2. The molecule has 20 heavy (non-hydrogen) atoms. The van der Waals surface area contributed by atoms with Gasteiger partial charge in [-0.2, -0.15) is 0 Å². The molecular weight excluding hydrogens is 256 g/mol. The molecule has 1 atom stereocenters. The number of hydrogen-bond donors (Lipinski definition) is 2. The van der Waals surface area contributed by atoms with Crippen LogP contribution in [0.15, 0.2) is 43.0 Å². The van der Waals surface area contributed by atoms with Crippen LogP contribution < -0.4 is 10.6 Å². The van der Waals surface area contributed by atoms with E-state index in [-0.39, 0.29) is 18.0 Å². The Morgan fingerprint density at radius 2 is 2.15 bits per heavy atom. The zero-order valence-electron chi connectivity index (χ0n) is 11.3. The van der Waals surface area contributed by atoms with E-state index in [2.05, 4.69) is 15.6 Å². The number of aromatic nitrogens is 2. The van der Waals surface area contributed by atoms with E-state index < -0.39 is 0 Å². The highest BCUT2D eigenvalue weighted by molar-refractivity contribution is 5.88. The Bertz CT molecular complexity index is 607. The number of carbonyl (C=O) groups excluding carboxylic acids is 2. The van der Waals surface area contributed by atoms with Crippen LogP contribution in [0.25, 0.3) is 0 Å². The molecule has 2 amide bonds. The van der Waals surface area contributed by atoms with Gasteiger partial charge in [-0.15, -0.1) is 0 Å². The van der Waals surface area contributed by atoms with Crippen LogP contribution in [0.4, 0.5) is 10.5 Å². The van der Waals surface area contributed by atoms with E-state index in [0.29, 0.717) is 5.69 Å². The molecule has 104 valence electrons. The van der Waals surface area contributed by atoms with Crippen molar-refractivity contribution in [3.63, 3.8) is 0 Å². The molecule has 0 fully saturated rings. The fraction of sp³-hybridized carbons (Fsp3) is 0.214. The molecule has 1 heterocycles. The maximum atomic E-state index is 11.9. The summed E-state index contributed by atoms with van der Waals surface area (Å²) in [5, 5.41) is 5.56. The first kappa shape index (κ1) is 13.8. The SMILES string of the molecule is CC(=O)Nc1cccc(C(C)NC(=O)n2ccnc2)c1. The van der Waals surface area contributed by atoms with Crippen molar-refractivity contribution in [2.45, 2.75) is 19.9 Å². The van der Waals surface area contributed by atoms with Crippen molar-refractivity contribution < 1.29 is 9.59 Å². The number of imidazole rings is 1. The van der Waals surface area contributed by atoms with Gasteiger partial charge in [0.15, 0.2) is 0 Å². The van der Waals surface area contributed by atoms with E-state index >= 15 is 0 Å². The van der Waals surface area contributed by atoms with Gasteiger partial charge in [-0.3, -0.25) is 9.36 Å². The van der Waals surface area contributed by atoms with Crippen LogP contribution in [0.5, 0.6) is 0 Å². The summed E-state index contributed by atoms with van der Waals surface area (Å²) >= 11 is 0. The lowest BCUT2D eigenvalue weighted by molar-refractivity contribution is -0.114. The lowest BCUT2D eigenvalue weighted by Crippen LogP contribution is -2.30. The molecule has 2 rings (SSSR count). The van der Waals surface area contributed by atoms with Crippen molar-refractivity contribution in [1.82, 2.24) is 14.9 Å². The Labute approximate surface area is 116 Å². The minimum absolute atomic E-state index is 0.128. The Kier molecular flexibility index (Phi) is 4.14. The molecule has 1 aromatic heterocycles. The summed E-state index contributed by atoms with van der Waals surface area (Å²) < 4.78 is 1.37. The molecule has 0 aliphatic carbocycles. The minimum atomic E-state index is -0.250. The van der Waals surface area contributed by atoms with Crippen molar-refractivity contribution >= 4 is 17.6 Å². The number of carbonyl (C=O) groups is 2. The molecule has 0 bridgehead atoms. The number of anilines is 1. The van der Waals surface area contributed by atoms with Crippen molar-refractivity contribution in [2.24, 2.45) is 0 Å². The lowest BCUT2D eigenvalue weighted by atomic mass is 10.1. The number of nitrogens with one attached hydrogen (secondary N) is 2. The highest BCUT2D eigenvalue weighted by Crippen LogP contribution is 2.17. The molecule has 1 unspecified atom stereocenters. The molecule has 2 N–H and O–H groups in total. The Morgan fingerprint density at radius 3 is 2.80 bits per heavy atom. The predicted octanol–water partition coefficient (Wildman–Crippen LogP) is 2.16. The monoisotopic (exact) mass is 272 g/mol. The van der Waals surface area contributed by atoms with Crippen LogP contribution in [-0.2, 0) is 4.79 Å². The molecule has 0 saturated carbocycles. The van der Waals surface area contributed by atoms with Crippen LogP contribution in [-0.4, -0.2) is 21.5 Å². The molecule has 1 aromatic carbocycles. The lowest BCUT2D eigenvalue weighted by Gasteiger charge is -2.15. The molecule has 0 aliphatic heterocycles. The molecule has 0 aliphatic rings. The second-order valence-corrected chi connectivity index (χ2v) is 4.45. The summed E-state index contributed by atoms with van der Waals surface area (Å²) in [5.41, 5.74) is 1.61. The van der Waals surface area contributed by atoms with Gasteiger partial charge >= 0.3 is 6.03 Å². The van der Waals surface area contributed by atoms with Crippen molar-refractivity contribution in [1.29, 1.82) is 0 Å². The Balaban J connectivity index is 2.07. The number of rotatable bonds is 3. The maximum absolute atomic E-state index is 11.9. The highest BCUT2D eigenvalue weighted by Gasteiger charge is 2.11. The Morgan fingerprint density at radius 1 is 1.35 bits per heavy atom. The average Bonchev–Trinajstić information content (AvgIpc) is 2.92. The van der Waals surface area contributed by atoms with Crippen LogP contribution in [0.2, 0.25) is 0 Å². The van der Waals surface area contributed by atoms with E-state index in [1.807, 2.05) is 25.1 Å². The Hall–Kier alpha value is -2.63. The van der Waals surface area contributed by atoms with E-state index in [9.17, 15) is 9.59 Å². The summed E-state index contributed by atoms with van der Waals surface area (Å²) in [6.07, 6.45) is 4.56. The topological polar surface area (TPSA) is 76.0 Å². The zero-order chi connectivity index (χ0) is 14.5. The number of nitrogens with zero attached hydrogens (tertiary/aromatic N) is 2. The van der Waals surface area contributed by atoms with E-state index in [1.54, 1.807) is 18.5 Å². The van der Waals surface area contributed by atoms with Crippen molar-refractivity contribution in [3.05, 3.63) is 48.5 Å². The van der Waals surface area contributed by atoms with E-state index in [4.69, 9.17) is 0 Å². The van der Waals surface area contributed by atoms with Gasteiger partial charge in [0.05, 0.1) is 6.04 Å². The van der Waals surface area contributed by atoms with Crippen LogP contribution >= 0.6 is 0 Å². The molecule has 6 nitrogen and oxygen atoms in total. The molecule has 0 radical (unpaired) electrons. The summed E-state index contributed by atoms with van der Waals surface area (Å²) in [5.74, 6) is -0.128. The van der Waals surface area contributed by atoms with Gasteiger partial charge in [0.1, 0.15) is 6.33 Å². The summed E-state index contributed by atoms with van der Waals surface area (Å²) in [4.78, 5) is 26.8. The van der Waals surface area contributed by atoms with Gasteiger partial charge in [-0.1, -0.05) is 12.1 Å². The van der Waals surface area contributed by atoms with E-state index in [1.165, 1.54) is 17.8 Å². The van der Waals surface area contributed by atoms with E-state index in [0.717, 1.165) is 5.56 Å². The number of benzene rings is 1. The average molecular weight is 272 g/mol. The molecular formula is C14H16N4O2. The third kappa shape index (κ3) is 3.44.